The molecule has 1 rings (SSSR count). The number of thiol groups is 1. The van der Waals surface area contributed by atoms with Crippen molar-refractivity contribution < 1.29 is 13.5 Å². The minimum atomic E-state index is -2.98. The highest BCUT2D eigenvalue weighted by atomic mass is 32.1. The van der Waals surface area contributed by atoms with Crippen molar-refractivity contribution >= 4 is 12.6 Å². The third-order valence-corrected chi connectivity index (χ3v) is 1.84. The number of alkyl halides is 2. The Hall–Kier alpha value is -0.810. The first-order chi connectivity index (χ1) is 6.53. The summed E-state index contributed by atoms with van der Waals surface area (Å²) in [6.45, 7) is -1.42. The summed E-state index contributed by atoms with van der Waals surface area (Å²) < 4.78 is 30.2. The smallest absolute Gasteiger partial charge is 0.293 e. The van der Waals surface area contributed by atoms with Crippen LogP contribution in [0.25, 0.3) is 0 Å². The highest BCUT2D eigenvalue weighted by molar-refractivity contribution is 7.80. The Bertz CT molecular complexity index is 307. The SMILES string of the molecule is NCC(F)(F)COc1cccc(S)c1. The van der Waals surface area contributed by atoms with Crippen LogP contribution in [0.15, 0.2) is 29.2 Å². The molecule has 1 aromatic carbocycles. The van der Waals surface area contributed by atoms with Gasteiger partial charge in [-0.2, -0.15) is 0 Å². The van der Waals surface area contributed by atoms with Crippen LogP contribution in [0.1, 0.15) is 0 Å². The molecule has 78 valence electrons. The number of hydrogen-bond donors (Lipinski definition) is 2. The molecule has 0 saturated carbocycles. The van der Waals surface area contributed by atoms with Gasteiger partial charge in [0.15, 0.2) is 6.61 Å². The fraction of sp³-hybridized carbons (Fsp3) is 0.333. The van der Waals surface area contributed by atoms with E-state index < -0.39 is 19.1 Å². The highest BCUT2D eigenvalue weighted by Gasteiger charge is 2.27. The lowest BCUT2D eigenvalue weighted by Gasteiger charge is -2.14. The van der Waals surface area contributed by atoms with Gasteiger partial charge in [-0.05, 0) is 18.2 Å². The second kappa shape index (κ2) is 4.61. The van der Waals surface area contributed by atoms with E-state index in [1.807, 2.05) is 0 Å². The lowest BCUT2D eigenvalue weighted by Crippen LogP contribution is -2.34. The van der Waals surface area contributed by atoms with Crippen molar-refractivity contribution in [1.29, 1.82) is 0 Å². The van der Waals surface area contributed by atoms with E-state index in [1.54, 1.807) is 24.3 Å². The molecule has 0 aliphatic rings. The largest absolute Gasteiger partial charge is 0.487 e. The molecule has 0 heterocycles. The minimum Gasteiger partial charge on any atom is -0.487 e. The Kier molecular flexibility index (Phi) is 3.71. The molecule has 0 aromatic heterocycles. The number of rotatable bonds is 4. The summed E-state index contributed by atoms with van der Waals surface area (Å²) >= 11 is 4.05. The zero-order chi connectivity index (χ0) is 10.6. The maximum atomic E-state index is 12.7. The molecule has 0 aliphatic heterocycles. The molecule has 1 aromatic rings. The van der Waals surface area contributed by atoms with Gasteiger partial charge in [0.25, 0.3) is 5.92 Å². The molecule has 0 saturated heterocycles. The molecule has 5 heteroatoms. The van der Waals surface area contributed by atoms with Gasteiger partial charge in [-0.1, -0.05) is 6.07 Å². The van der Waals surface area contributed by atoms with Gasteiger partial charge in [0.1, 0.15) is 5.75 Å². The van der Waals surface area contributed by atoms with Crippen LogP contribution in [0.2, 0.25) is 0 Å². The predicted octanol–water partition coefficient (Wildman–Crippen LogP) is 1.95. The van der Waals surface area contributed by atoms with Crippen molar-refractivity contribution in [2.45, 2.75) is 10.8 Å². The van der Waals surface area contributed by atoms with Crippen LogP contribution >= 0.6 is 12.6 Å². The van der Waals surface area contributed by atoms with Gasteiger partial charge >= 0.3 is 0 Å². The quantitative estimate of drug-likeness (QED) is 0.759. The van der Waals surface area contributed by atoms with Gasteiger partial charge in [-0.3, -0.25) is 0 Å². The van der Waals surface area contributed by atoms with E-state index in [0.29, 0.717) is 10.6 Å². The monoisotopic (exact) mass is 219 g/mol. The summed E-state index contributed by atoms with van der Waals surface area (Å²) in [6.07, 6.45) is 0. The summed E-state index contributed by atoms with van der Waals surface area (Å²) in [4.78, 5) is 0.665. The number of ether oxygens (including phenoxy) is 1. The fourth-order valence-electron chi connectivity index (χ4n) is 0.821. The van der Waals surface area contributed by atoms with Crippen LogP contribution in [-0.4, -0.2) is 19.1 Å². The maximum Gasteiger partial charge on any atom is 0.293 e. The summed E-state index contributed by atoms with van der Waals surface area (Å²) in [5, 5.41) is 0. The molecular formula is C9H11F2NOS. The van der Waals surface area contributed by atoms with Crippen molar-refractivity contribution in [3.05, 3.63) is 24.3 Å². The van der Waals surface area contributed by atoms with Gasteiger partial charge in [0.2, 0.25) is 0 Å². The normalized spacial score (nSPS) is 11.4. The molecule has 0 bridgehead atoms. The van der Waals surface area contributed by atoms with Crippen LogP contribution in [0.5, 0.6) is 5.75 Å². The van der Waals surface area contributed by atoms with Gasteiger partial charge in [-0.15, -0.1) is 12.6 Å². The van der Waals surface area contributed by atoms with Crippen molar-refractivity contribution in [2.24, 2.45) is 5.73 Å². The number of benzene rings is 1. The molecule has 0 unspecified atom stereocenters. The highest BCUT2D eigenvalue weighted by Crippen LogP contribution is 2.18. The summed E-state index contributed by atoms with van der Waals surface area (Å²) in [6, 6.07) is 6.57. The van der Waals surface area contributed by atoms with E-state index in [1.165, 1.54) is 0 Å². The lowest BCUT2D eigenvalue weighted by atomic mass is 10.3. The van der Waals surface area contributed by atoms with Crippen molar-refractivity contribution in [3.8, 4) is 5.75 Å². The van der Waals surface area contributed by atoms with Crippen LogP contribution < -0.4 is 10.5 Å². The molecule has 0 fully saturated rings. The van der Waals surface area contributed by atoms with Crippen molar-refractivity contribution in [3.63, 3.8) is 0 Å². The number of hydrogen-bond acceptors (Lipinski definition) is 3. The average Bonchev–Trinajstić information content (AvgIpc) is 2.15. The molecule has 0 spiro atoms. The Morgan fingerprint density at radius 1 is 1.43 bits per heavy atom. The Balaban J connectivity index is 2.54. The Morgan fingerprint density at radius 3 is 2.71 bits per heavy atom. The van der Waals surface area contributed by atoms with Crippen LogP contribution in [0.3, 0.4) is 0 Å². The van der Waals surface area contributed by atoms with Crippen LogP contribution in [0, 0.1) is 0 Å². The lowest BCUT2D eigenvalue weighted by molar-refractivity contribution is -0.0319. The standard InChI is InChI=1S/C9H11F2NOS/c10-9(11,5-12)6-13-7-2-1-3-8(14)4-7/h1-4,14H,5-6,12H2. The molecule has 2 nitrogen and oxygen atoms in total. The first-order valence-corrected chi connectivity index (χ1v) is 4.48. The zero-order valence-electron chi connectivity index (χ0n) is 7.41. The molecular weight excluding hydrogens is 208 g/mol. The number of halogens is 2. The second-order valence-corrected chi connectivity index (χ2v) is 3.36. The fourth-order valence-corrected chi connectivity index (χ4v) is 1.03. The molecule has 0 aliphatic carbocycles. The summed E-state index contributed by atoms with van der Waals surface area (Å²) in [5.41, 5.74) is 4.86. The van der Waals surface area contributed by atoms with Crippen molar-refractivity contribution in [1.82, 2.24) is 0 Å². The van der Waals surface area contributed by atoms with Gasteiger partial charge in [-0.25, -0.2) is 8.78 Å². The van der Waals surface area contributed by atoms with E-state index >= 15 is 0 Å². The average molecular weight is 219 g/mol. The van der Waals surface area contributed by atoms with E-state index in [4.69, 9.17) is 10.5 Å². The predicted molar refractivity (Wildman–Crippen MR) is 53.2 cm³/mol. The Morgan fingerprint density at radius 2 is 2.14 bits per heavy atom. The van der Waals surface area contributed by atoms with E-state index in [2.05, 4.69) is 12.6 Å². The third-order valence-electron chi connectivity index (χ3n) is 1.57. The molecule has 14 heavy (non-hydrogen) atoms. The van der Waals surface area contributed by atoms with E-state index in [-0.39, 0.29) is 0 Å². The molecule has 0 atom stereocenters. The van der Waals surface area contributed by atoms with Gasteiger partial charge in [0.05, 0.1) is 6.54 Å². The zero-order valence-corrected chi connectivity index (χ0v) is 8.31. The van der Waals surface area contributed by atoms with Crippen molar-refractivity contribution in [2.75, 3.05) is 13.2 Å². The number of nitrogens with two attached hydrogens (primary N) is 1. The summed E-state index contributed by atoms with van der Waals surface area (Å²) in [5.74, 6) is -2.61. The molecule has 0 amide bonds. The van der Waals surface area contributed by atoms with E-state index in [9.17, 15) is 8.78 Å². The maximum absolute atomic E-state index is 12.7. The second-order valence-electron chi connectivity index (χ2n) is 2.85. The topological polar surface area (TPSA) is 35.2 Å². The van der Waals surface area contributed by atoms with E-state index in [0.717, 1.165) is 0 Å². The molecule has 2 N–H and O–H groups in total. The Labute approximate surface area is 86.5 Å². The molecule has 0 radical (unpaired) electrons. The first kappa shape index (κ1) is 11.3. The third kappa shape index (κ3) is 3.51. The van der Waals surface area contributed by atoms with Crippen LogP contribution in [-0.2, 0) is 0 Å². The minimum absolute atomic E-state index is 0.366. The van der Waals surface area contributed by atoms with Gasteiger partial charge in [0, 0.05) is 4.90 Å². The van der Waals surface area contributed by atoms with Gasteiger partial charge < -0.3 is 10.5 Å². The van der Waals surface area contributed by atoms with Crippen LogP contribution in [0.4, 0.5) is 8.78 Å². The first-order valence-electron chi connectivity index (χ1n) is 4.03. The summed E-state index contributed by atoms with van der Waals surface area (Å²) in [7, 11) is 0.